The van der Waals surface area contributed by atoms with Gasteiger partial charge >= 0.3 is 0 Å². The van der Waals surface area contributed by atoms with Crippen molar-refractivity contribution in [1.82, 2.24) is 25.8 Å². The van der Waals surface area contributed by atoms with E-state index in [-0.39, 0.29) is 37.9 Å². The van der Waals surface area contributed by atoms with Gasteiger partial charge < -0.3 is 30.4 Å². The fourth-order valence-corrected chi connectivity index (χ4v) is 6.59. The van der Waals surface area contributed by atoms with E-state index in [1.807, 2.05) is 44.7 Å². The molecule has 1 aromatic carbocycles. The smallest absolute Gasteiger partial charge is 0.289 e. The van der Waals surface area contributed by atoms with Crippen LogP contribution in [-0.2, 0) is 33.5 Å². The number of benzene rings is 1. The minimum absolute atomic E-state index is 0.0109. The van der Waals surface area contributed by atoms with Crippen LogP contribution in [0.4, 0.5) is 0 Å². The summed E-state index contributed by atoms with van der Waals surface area (Å²) >= 11 is 6.24. The summed E-state index contributed by atoms with van der Waals surface area (Å²) in [5.41, 5.74) is -0.338. The molecule has 2 saturated heterocycles. The Bertz CT molecular complexity index is 1440. The lowest BCUT2D eigenvalue weighted by Gasteiger charge is -2.36. The first-order valence-corrected chi connectivity index (χ1v) is 17.2. The van der Waals surface area contributed by atoms with E-state index >= 15 is 0 Å². The first kappa shape index (κ1) is 35.7. The molecule has 3 heterocycles. The quantitative estimate of drug-likeness (QED) is 0.281. The van der Waals surface area contributed by atoms with Crippen LogP contribution in [0.25, 0.3) is 0 Å². The molecule has 1 saturated carbocycles. The van der Waals surface area contributed by atoms with E-state index in [4.69, 9.17) is 21.2 Å². The average molecular weight is 687 g/mol. The number of hydrogen-bond donors (Lipinski definition) is 3. The van der Waals surface area contributed by atoms with Gasteiger partial charge in [0.25, 0.3) is 5.91 Å². The van der Waals surface area contributed by atoms with Crippen molar-refractivity contribution in [2.24, 2.45) is 10.6 Å². The van der Waals surface area contributed by atoms with Gasteiger partial charge in [0, 0.05) is 42.6 Å². The zero-order chi connectivity index (χ0) is 34.6. The standard InChI is InChI=1S/C34H47ClN6O7/c1-5-7-24(28(43)31(45)36-23-10-11-23)37-30(44)26-18-34(17-25(39-48-34)21-8-6-9-22(35)16-21)20-41(26)32(46)29(33(2,3)4)38-27(42)19-40-12-14-47-15-13-40/h6,8-9,16,23-24,26,29H,5,7,10-15,17-20H2,1-4H3,(H,36,45)(H,37,44)(H,38,42)/t24-,26-,29+,34+/m0/s1. The zero-order valence-electron chi connectivity index (χ0n) is 28.2. The summed E-state index contributed by atoms with van der Waals surface area (Å²) in [5.74, 6) is -2.76. The summed E-state index contributed by atoms with van der Waals surface area (Å²) in [5, 5.41) is 13.3. The van der Waals surface area contributed by atoms with Gasteiger partial charge in [-0.05, 0) is 36.8 Å². The Morgan fingerprint density at radius 3 is 2.48 bits per heavy atom. The molecule has 0 bridgehead atoms. The zero-order valence-corrected chi connectivity index (χ0v) is 28.9. The summed E-state index contributed by atoms with van der Waals surface area (Å²) in [6, 6.07) is 4.12. The molecule has 0 radical (unpaired) electrons. The summed E-state index contributed by atoms with van der Waals surface area (Å²) in [4.78, 5) is 77.1. The van der Waals surface area contributed by atoms with Crippen molar-refractivity contribution in [3.8, 4) is 0 Å². The van der Waals surface area contributed by atoms with Crippen LogP contribution in [0.3, 0.4) is 0 Å². The highest BCUT2D eigenvalue weighted by Gasteiger charge is 2.55. The number of hydrogen-bond acceptors (Lipinski definition) is 9. The van der Waals surface area contributed by atoms with Gasteiger partial charge in [0.1, 0.15) is 12.1 Å². The van der Waals surface area contributed by atoms with Gasteiger partial charge in [-0.15, -0.1) is 0 Å². The SMILES string of the molecule is CCC[C@H](NC(=O)[C@@H]1C[C@]2(CC(c3cccc(Cl)c3)=NO2)CN1C(=O)[C@@H](NC(=O)CN1CCOCC1)C(C)(C)C)C(=O)C(=O)NC1CC1. The molecule has 0 aromatic heterocycles. The third kappa shape index (κ3) is 8.72. The highest BCUT2D eigenvalue weighted by Crippen LogP contribution is 2.40. The Morgan fingerprint density at radius 1 is 1.10 bits per heavy atom. The Labute approximate surface area is 286 Å². The molecule has 1 spiro atoms. The lowest BCUT2D eigenvalue weighted by atomic mass is 9.85. The van der Waals surface area contributed by atoms with E-state index < -0.39 is 52.6 Å². The number of ketones is 1. The molecule has 4 amide bonds. The van der Waals surface area contributed by atoms with Crippen LogP contribution >= 0.6 is 11.6 Å². The van der Waals surface area contributed by atoms with E-state index in [0.29, 0.717) is 49.9 Å². The molecule has 3 aliphatic heterocycles. The molecular formula is C34H47ClN6O7. The van der Waals surface area contributed by atoms with Crippen molar-refractivity contribution in [2.45, 2.75) is 96.0 Å². The van der Waals surface area contributed by atoms with Crippen molar-refractivity contribution in [3.63, 3.8) is 0 Å². The van der Waals surface area contributed by atoms with Gasteiger partial charge in [-0.25, -0.2) is 0 Å². The molecule has 4 aliphatic rings. The number of likely N-dealkylation sites (tertiary alicyclic amines) is 1. The van der Waals surface area contributed by atoms with E-state index in [9.17, 15) is 24.0 Å². The first-order chi connectivity index (χ1) is 22.8. The number of morpholine rings is 1. The van der Waals surface area contributed by atoms with Crippen LogP contribution in [0.5, 0.6) is 0 Å². The van der Waals surface area contributed by atoms with E-state index in [1.165, 1.54) is 4.90 Å². The minimum Gasteiger partial charge on any atom is -0.387 e. The first-order valence-electron chi connectivity index (χ1n) is 16.8. The number of Topliss-reactive ketones (excluding diaryl/α,β-unsaturated/α-hetero) is 1. The number of nitrogens with zero attached hydrogens (tertiary/aromatic N) is 3. The third-order valence-electron chi connectivity index (χ3n) is 9.22. The summed E-state index contributed by atoms with van der Waals surface area (Å²) < 4.78 is 5.39. The van der Waals surface area contributed by atoms with Crippen molar-refractivity contribution in [1.29, 1.82) is 0 Å². The van der Waals surface area contributed by atoms with Crippen molar-refractivity contribution in [2.75, 3.05) is 39.4 Å². The van der Waals surface area contributed by atoms with Crippen LogP contribution in [0, 0.1) is 5.41 Å². The van der Waals surface area contributed by atoms with Crippen LogP contribution < -0.4 is 16.0 Å². The van der Waals surface area contributed by atoms with Gasteiger partial charge in [0.2, 0.25) is 23.5 Å². The maximum absolute atomic E-state index is 14.5. The molecule has 3 fully saturated rings. The van der Waals surface area contributed by atoms with Gasteiger partial charge in [-0.1, -0.05) is 63.0 Å². The molecule has 262 valence electrons. The number of amides is 4. The lowest BCUT2D eigenvalue weighted by Crippen LogP contribution is -2.60. The van der Waals surface area contributed by atoms with Crippen molar-refractivity contribution >= 4 is 46.7 Å². The normalized spacial score (nSPS) is 24.0. The summed E-state index contributed by atoms with van der Waals surface area (Å²) in [6.07, 6.45) is 2.86. The second-order valence-corrected chi connectivity index (χ2v) is 14.8. The molecule has 3 N–H and O–H groups in total. The fraction of sp³-hybridized carbons (Fsp3) is 0.647. The Balaban J connectivity index is 1.38. The minimum atomic E-state index is -1.05. The number of rotatable bonds is 12. The van der Waals surface area contributed by atoms with Crippen LogP contribution in [0.1, 0.15) is 71.8 Å². The van der Waals surface area contributed by atoms with Crippen LogP contribution in [0.2, 0.25) is 5.02 Å². The van der Waals surface area contributed by atoms with Crippen LogP contribution in [-0.4, -0.2) is 114 Å². The molecule has 13 nitrogen and oxygen atoms in total. The lowest BCUT2D eigenvalue weighted by molar-refractivity contribution is -0.145. The second kappa shape index (κ2) is 14.9. The topological polar surface area (TPSA) is 159 Å². The highest BCUT2D eigenvalue weighted by molar-refractivity contribution is 6.38. The number of oxime groups is 1. The largest absolute Gasteiger partial charge is 0.387 e. The molecule has 0 unspecified atom stereocenters. The fourth-order valence-electron chi connectivity index (χ4n) is 6.40. The maximum Gasteiger partial charge on any atom is 0.289 e. The van der Waals surface area contributed by atoms with E-state index in [2.05, 4.69) is 21.1 Å². The van der Waals surface area contributed by atoms with Gasteiger partial charge in [0.05, 0.1) is 38.1 Å². The Kier molecular flexibility index (Phi) is 11.1. The Morgan fingerprint density at radius 2 is 1.83 bits per heavy atom. The van der Waals surface area contributed by atoms with Gasteiger partial charge in [0.15, 0.2) is 5.60 Å². The molecule has 5 rings (SSSR count). The van der Waals surface area contributed by atoms with Crippen molar-refractivity contribution in [3.05, 3.63) is 34.9 Å². The van der Waals surface area contributed by atoms with Crippen LogP contribution in [0.15, 0.2) is 29.4 Å². The maximum atomic E-state index is 14.5. The average Bonchev–Trinajstić information content (AvgIpc) is 3.63. The number of halogens is 1. The van der Waals surface area contributed by atoms with E-state index in [1.54, 1.807) is 12.1 Å². The van der Waals surface area contributed by atoms with Gasteiger partial charge in [-0.2, -0.15) is 0 Å². The molecule has 48 heavy (non-hydrogen) atoms. The number of ether oxygens (including phenoxy) is 1. The van der Waals surface area contributed by atoms with Crippen molar-refractivity contribution < 1.29 is 33.5 Å². The second-order valence-electron chi connectivity index (χ2n) is 14.4. The molecule has 4 atom stereocenters. The third-order valence-corrected chi connectivity index (χ3v) is 9.45. The molecular weight excluding hydrogens is 640 g/mol. The number of nitrogens with one attached hydrogen (secondary N) is 3. The number of carbonyl (C=O) groups is 5. The highest BCUT2D eigenvalue weighted by atomic mass is 35.5. The Hall–Kier alpha value is -3.55. The molecule has 14 heteroatoms. The number of carbonyl (C=O) groups excluding carboxylic acids is 5. The predicted molar refractivity (Wildman–Crippen MR) is 178 cm³/mol. The summed E-state index contributed by atoms with van der Waals surface area (Å²) in [6.45, 7) is 9.85. The predicted octanol–water partition coefficient (Wildman–Crippen LogP) is 1.80. The summed E-state index contributed by atoms with van der Waals surface area (Å²) in [7, 11) is 0. The molecule has 1 aromatic rings. The van der Waals surface area contributed by atoms with E-state index in [0.717, 1.165) is 18.4 Å². The van der Waals surface area contributed by atoms with Gasteiger partial charge in [-0.3, -0.25) is 28.9 Å². The molecule has 1 aliphatic carbocycles. The monoisotopic (exact) mass is 686 g/mol.